The molecule has 96 valence electrons. The Morgan fingerprint density at radius 3 is 2.71 bits per heavy atom. The normalized spacial score (nSPS) is 36.3. The first kappa shape index (κ1) is 12.8. The van der Waals surface area contributed by atoms with E-state index >= 15 is 0 Å². The van der Waals surface area contributed by atoms with Crippen molar-refractivity contribution in [2.75, 3.05) is 13.2 Å². The molecule has 2 aliphatic rings. The van der Waals surface area contributed by atoms with E-state index in [1.165, 1.54) is 0 Å². The Morgan fingerprint density at radius 2 is 2.12 bits per heavy atom. The average Bonchev–Trinajstić information content (AvgIpc) is 3.09. The molecule has 0 amide bonds. The van der Waals surface area contributed by atoms with Crippen LogP contribution in [0.3, 0.4) is 0 Å². The van der Waals surface area contributed by atoms with Crippen LogP contribution in [0.2, 0.25) is 0 Å². The predicted octanol–water partition coefficient (Wildman–Crippen LogP) is 1.19. The number of aliphatic carboxylic acids is 1. The summed E-state index contributed by atoms with van der Waals surface area (Å²) in [5.74, 6) is -2.56. The highest BCUT2D eigenvalue weighted by Gasteiger charge is 2.42. The molecule has 0 radical (unpaired) electrons. The van der Waals surface area contributed by atoms with E-state index in [9.17, 15) is 9.59 Å². The van der Waals surface area contributed by atoms with Gasteiger partial charge in [-0.3, -0.25) is 9.59 Å². The molecule has 0 aromatic heterocycles. The zero-order chi connectivity index (χ0) is 12.4. The summed E-state index contributed by atoms with van der Waals surface area (Å²) >= 11 is 3.39. The van der Waals surface area contributed by atoms with Crippen molar-refractivity contribution in [1.29, 1.82) is 0 Å². The van der Waals surface area contributed by atoms with Crippen LogP contribution in [0.25, 0.3) is 0 Å². The van der Waals surface area contributed by atoms with Crippen LogP contribution in [0.4, 0.5) is 0 Å². The van der Waals surface area contributed by atoms with Gasteiger partial charge in [-0.2, -0.15) is 0 Å². The van der Waals surface area contributed by atoms with Gasteiger partial charge in [-0.15, -0.1) is 0 Å². The topological polar surface area (TPSA) is 76.1 Å². The molecule has 2 rings (SSSR count). The largest absolute Gasteiger partial charge is 0.481 e. The standard InChI is InChI=1S/C11H15BrO5/c12-8-3-1-2-7(10(13)14)9(8)11(15)17-5-6-4-16-6/h6-9H,1-5H2,(H,13,14). The number of esters is 1. The molecule has 0 aromatic rings. The predicted molar refractivity (Wildman–Crippen MR) is 61.9 cm³/mol. The number of hydrogen-bond acceptors (Lipinski definition) is 4. The van der Waals surface area contributed by atoms with E-state index in [1.807, 2.05) is 0 Å². The Balaban J connectivity index is 1.96. The van der Waals surface area contributed by atoms with Crippen molar-refractivity contribution in [2.45, 2.75) is 30.2 Å². The van der Waals surface area contributed by atoms with Gasteiger partial charge in [0.1, 0.15) is 12.7 Å². The molecule has 1 N–H and O–H groups in total. The molecule has 17 heavy (non-hydrogen) atoms. The maximum absolute atomic E-state index is 11.9. The minimum Gasteiger partial charge on any atom is -0.481 e. The number of carbonyl (C=O) groups is 2. The van der Waals surface area contributed by atoms with Gasteiger partial charge in [0.15, 0.2) is 0 Å². The molecule has 1 aliphatic heterocycles. The van der Waals surface area contributed by atoms with E-state index in [2.05, 4.69) is 15.9 Å². The highest BCUT2D eigenvalue weighted by molar-refractivity contribution is 9.09. The second-order valence-corrected chi connectivity index (χ2v) is 5.68. The zero-order valence-electron chi connectivity index (χ0n) is 9.30. The number of carboxylic acid groups (broad SMARTS) is 1. The Bertz CT molecular complexity index is 315. The molecule has 4 unspecified atom stereocenters. The summed E-state index contributed by atoms with van der Waals surface area (Å²) in [5, 5.41) is 9.11. The van der Waals surface area contributed by atoms with Crippen LogP contribution in [0, 0.1) is 11.8 Å². The fourth-order valence-electron chi connectivity index (χ4n) is 2.17. The van der Waals surface area contributed by atoms with Gasteiger partial charge in [-0.25, -0.2) is 0 Å². The van der Waals surface area contributed by atoms with E-state index < -0.39 is 23.8 Å². The third-order valence-electron chi connectivity index (χ3n) is 3.22. The Kier molecular flexibility index (Phi) is 4.04. The van der Waals surface area contributed by atoms with Crippen molar-refractivity contribution in [3.8, 4) is 0 Å². The lowest BCUT2D eigenvalue weighted by Crippen LogP contribution is -2.40. The van der Waals surface area contributed by atoms with Gasteiger partial charge in [0, 0.05) is 4.83 Å². The van der Waals surface area contributed by atoms with E-state index in [4.69, 9.17) is 14.6 Å². The first-order valence-electron chi connectivity index (χ1n) is 5.74. The van der Waals surface area contributed by atoms with Crippen LogP contribution in [0.15, 0.2) is 0 Å². The summed E-state index contributed by atoms with van der Waals surface area (Å²) in [6.07, 6.45) is 2.18. The lowest BCUT2D eigenvalue weighted by atomic mass is 9.79. The summed E-state index contributed by atoms with van der Waals surface area (Å²) in [5.41, 5.74) is 0. The first-order chi connectivity index (χ1) is 8.09. The van der Waals surface area contributed by atoms with Crippen molar-refractivity contribution >= 4 is 27.9 Å². The quantitative estimate of drug-likeness (QED) is 0.480. The summed E-state index contributed by atoms with van der Waals surface area (Å²) in [6.45, 7) is 0.861. The zero-order valence-corrected chi connectivity index (χ0v) is 10.9. The minimum absolute atomic E-state index is 0.0135. The van der Waals surface area contributed by atoms with Gasteiger partial charge >= 0.3 is 11.9 Å². The molecule has 0 aromatic carbocycles. The molecule has 1 aliphatic carbocycles. The van der Waals surface area contributed by atoms with Gasteiger partial charge in [0.05, 0.1) is 18.4 Å². The lowest BCUT2D eigenvalue weighted by Gasteiger charge is -2.31. The van der Waals surface area contributed by atoms with E-state index in [-0.39, 0.29) is 17.5 Å². The summed E-state index contributed by atoms with van der Waals surface area (Å²) in [4.78, 5) is 22.9. The Hall–Kier alpha value is -0.620. The van der Waals surface area contributed by atoms with Crippen LogP contribution in [-0.2, 0) is 19.1 Å². The number of epoxide rings is 1. The first-order valence-corrected chi connectivity index (χ1v) is 6.66. The third kappa shape index (κ3) is 3.19. The summed E-state index contributed by atoms with van der Waals surface area (Å²) in [7, 11) is 0. The highest BCUT2D eigenvalue weighted by Crippen LogP contribution is 2.36. The number of carboxylic acids is 1. The van der Waals surface area contributed by atoms with Gasteiger partial charge in [-0.1, -0.05) is 22.4 Å². The van der Waals surface area contributed by atoms with Crippen LogP contribution in [0.5, 0.6) is 0 Å². The van der Waals surface area contributed by atoms with Gasteiger partial charge < -0.3 is 14.6 Å². The molecule has 4 atom stereocenters. The van der Waals surface area contributed by atoms with Crippen molar-refractivity contribution in [1.82, 2.24) is 0 Å². The number of carbonyl (C=O) groups excluding carboxylic acids is 1. The van der Waals surface area contributed by atoms with Crippen molar-refractivity contribution in [3.63, 3.8) is 0 Å². The second kappa shape index (κ2) is 5.35. The smallest absolute Gasteiger partial charge is 0.311 e. The minimum atomic E-state index is -0.918. The maximum atomic E-state index is 11.9. The van der Waals surface area contributed by atoms with Gasteiger partial charge in [0.25, 0.3) is 0 Å². The molecular weight excluding hydrogens is 292 g/mol. The monoisotopic (exact) mass is 306 g/mol. The number of halogens is 1. The van der Waals surface area contributed by atoms with E-state index in [0.29, 0.717) is 13.0 Å². The Morgan fingerprint density at radius 1 is 1.41 bits per heavy atom. The van der Waals surface area contributed by atoms with Crippen LogP contribution in [-0.4, -0.2) is 41.2 Å². The van der Waals surface area contributed by atoms with Gasteiger partial charge in [-0.05, 0) is 12.8 Å². The van der Waals surface area contributed by atoms with Crippen molar-refractivity contribution in [3.05, 3.63) is 0 Å². The summed E-state index contributed by atoms with van der Waals surface area (Å²) < 4.78 is 10.0. The number of alkyl halides is 1. The van der Waals surface area contributed by atoms with Crippen molar-refractivity contribution in [2.24, 2.45) is 11.8 Å². The van der Waals surface area contributed by atoms with Gasteiger partial charge in [0.2, 0.25) is 0 Å². The number of hydrogen-bond donors (Lipinski definition) is 1. The third-order valence-corrected chi connectivity index (χ3v) is 4.25. The van der Waals surface area contributed by atoms with E-state index in [0.717, 1.165) is 12.8 Å². The SMILES string of the molecule is O=C(O)C1CCCC(Br)C1C(=O)OCC1CO1. The molecule has 1 heterocycles. The van der Waals surface area contributed by atoms with Crippen LogP contribution >= 0.6 is 15.9 Å². The average molecular weight is 307 g/mol. The Labute approximate surface area is 108 Å². The fraction of sp³-hybridized carbons (Fsp3) is 0.818. The molecule has 6 heteroatoms. The van der Waals surface area contributed by atoms with E-state index in [1.54, 1.807) is 0 Å². The number of rotatable bonds is 4. The number of ether oxygens (including phenoxy) is 2. The van der Waals surface area contributed by atoms with Crippen LogP contribution in [0.1, 0.15) is 19.3 Å². The molecule has 1 saturated carbocycles. The molecular formula is C11H15BrO5. The lowest BCUT2D eigenvalue weighted by molar-refractivity contribution is -0.159. The molecule has 0 spiro atoms. The van der Waals surface area contributed by atoms with Crippen LogP contribution < -0.4 is 0 Å². The molecule has 2 fully saturated rings. The molecule has 0 bridgehead atoms. The second-order valence-electron chi connectivity index (χ2n) is 4.50. The molecule has 1 saturated heterocycles. The highest BCUT2D eigenvalue weighted by atomic mass is 79.9. The molecule has 5 nitrogen and oxygen atoms in total. The fourth-order valence-corrected chi connectivity index (χ4v) is 3.08. The maximum Gasteiger partial charge on any atom is 0.311 e. The van der Waals surface area contributed by atoms with Crippen molar-refractivity contribution < 1.29 is 24.2 Å². The summed E-state index contributed by atoms with van der Waals surface area (Å²) in [6, 6.07) is 0.